The second-order valence-electron chi connectivity index (χ2n) is 1.70. The Morgan fingerprint density at radius 3 is 2.70 bits per heavy atom. The Labute approximate surface area is 73.7 Å². The molecular formula is C6H6BIO2. The van der Waals surface area contributed by atoms with E-state index in [0.29, 0.717) is 0 Å². The van der Waals surface area contributed by atoms with Crippen LogP contribution in [0.15, 0.2) is 24.3 Å². The van der Waals surface area contributed by atoms with Crippen LogP contribution >= 0.6 is 22.6 Å². The summed E-state index contributed by atoms with van der Waals surface area (Å²) in [7, 11) is -0.264. The number of hydrogen-bond acceptors (Lipinski definition) is 2. The van der Waals surface area contributed by atoms with E-state index in [-0.39, 0.29) is 7.69 Å². The Bertz CT molecular complexity index is 217. The first kappa shape index (κ1) is 7.88. The van der Waals surface area contributed by atoms with E-state index in [1.807, 2.05) is 24.3 Å². The Hall–Kier alpha value is -0.225. The first-order valence-electron chi connectivity index (χ1n) is 2.83. The van der Waals surface area contributed by atoms with E-state index in [2.05, 4.69) is 22.6 Å². The maximum atomic E-state index is 8.42. The molecule has 0 aliphatic carbocycles. The molecule has 0 aliphatic heterocycles. The molecule has 10 heavy (non-hydrogen) atoms. The van der Waals surface area contributed by atoms with Gasteiger partial charge in [-0.15, -0.1) is 0 Å². The van der Waals surface area contributed by atoms with Gasteiger partial charge in [0.15, 0.2) is 0 Å². The first-order valence-corrected chi connectivity index (χ1v) is 3.90. The molecule has 4 heteroatoms. The Morgan fingerprint density at radius 2 is 2.10 bits per heavy atom. The number of rotatable bonds is 2. The van der Waals surface area contributed by atoms with Crippen LogP contribution in [0, 0.1) is 3.57 Å². The average Bonchev–Trinajstić information content (AvgIpc) is 1.94. The van der Waals surface area contributed by atoms with Crippen molar-refractivity contribution in [1.82, 2.24) is 0 Å². The zero-order valence-electron chi connectivity index (χ0n) is 5.25. The topological polar surface area (TPSA) is 29.5 Å². The molecule has 0 bridgehead atoms. The minimum absolute atomic E-state index is 0.264. The van der Waals surface area contributed by atoms with E-state index in [4.69, 9.17) is 9.68 Å². The second-order valence-corrected chi connectivity index (χ2v) is 2.87. The third kappa shape index (κ3) is 1.88. The van der Waals surface area contributed by atoms with Gasteiger partial charge < -0.3 is 9.68 Å². The van der Waals surface area contributed by atoms with Crippen molar-refractivity contribution in [2.45, 2.75) is 0 Å². The summed E-state index contributed by atoms with van der Waals surface area (Å²) >= 11 is 2.15. The molecule has 0 aromatic heterocycles. The Balaban J connectivity index is 2.81. The first-order chi connectivity index (χ1) is 4.84. The minimum Gasteiger partial charge on any atom is -0.538 e. The van der Waals surface area contributed by atoms with Crippen LogP contribution in [-0.2, 0) is 0 Å². The average molecular weight is 248 g/mol. The number of benzene rings is 1. The summed E-state index contributed by atoms with van der Waals surface area (Å²) in [6.07, 6.45) is 0. The summed E-state index contributed by atoms with van der Waals surface area (Å²) in [5, 5.41) is 8.42. The van der Waals surface area contributed by atoms with Crippen molar-refractivity contribution in [3.05, 3.63) is 27.8 Å². The molecule has 1 rings (SSSR count). The van der Waals surface area contributed by atoms with Crippen LogP contribution in [0.3, 0.4) is 0 Å². The smallest absolute Gasteiger partial charge is 0.504 e. The SMILES string of the molecule is OBOc1ccccc1I. The molecule has 0 aliphatic rings. The molecule has 0 saturated heterocycles. The summed E-state index contributed by atoms with van der Waals surface area (Å²) in [6, 6.07) is 7.53. The van der Waals surface area contributed by atoms with Gasteiger partial charge in [0.05, 0.1) is 3.57 Å². The van der Waals surface area contributed by atoms with E-state index in [9.17, 15) is 0 Å². The van der Waals surface area contributed by atoms with Gasteiger partial charge >= 0.3 is 7.69 Å². The van der Waals surface area contributed by atoms with E-state index in [0.717, 1.165) is 9.32 Å². The van der Waals surface area contributed by atoms with Crippen molar-refractivity contribution in [2.75, 3.05) is 0 Å². The molecular weight excluding hydrogens is 242 g/mol. The van der Waals surface area contributed by atoms with Gasteiger partial charge in [0.25, 0.3) is 0 Å². The van der Waals surface area contributed by atoms with Crippen molar-refractivity contribution >= 4 is 30.3 Å². The fourth-order valence-corrected chi connectivity index (χ4v) is 1.17. The number of hydrogen-bond donors (Lipinski definition) is 1. The predicted molar refractivity (Wildman–Crippen MR) is 49.2 cm³/mol. The number of halogens is 1. The molecule has 1 aromatic rings. The quantitative estimate of drug-likeness (QED) is 0.623. The standard InChI is InChI=1S/C6H6BIO2/c8-5-3-1-2-4-6(5)10-7-9/h1-4,7,9H. The normalized spacial score (nSPS) is 9.00. The zero-order chi connectivity index (χ0) is 7.40. The summed E-state index contributed by atoms with van der Waals surface area (Å²) < 4.78 is 5.89. The maximum Gasteiger partial charge on any atom is 0.504 e. The molecule has 0 unspecified atom stereocenters. The van der Waals surface area contributed by atoms with Gasteiger partial charge in [-0.3, -0.25) is 0 Å². The second kappa shape index (κ2) is 3.83. The summed E-state index contributed by atoms with van der Waals surface area (Å²) in [5.41, 5.74) is 0. The van der Waals surface area contributed by atoms with Gasteiger partial charge in [-0.25, -0.2) is 0 Å². The van der Waals surface area contributed by atoms with Crippen LogP contribution in [0.1, 0.15) is 0 Å². The van der Waals surface area contributed by atoms with Crippen LogP contribution in [-0.4, -0.2) is 12.7 Å². The van der Waals surface area contributed by atoms with Gasteiger partial charge in [-0.2, -0.15) is 0 Å². The molecule has 1 aromatic carbocycles. The molecule has 0 amide bonds. The van der Waals surface area contributed by atoms with Crippen LogP contribution < -0.4 is 4.65 Å². The molecule has 52 valence electrons. The third-order valence-corrected chi connectivity index (χ3v) is 1.95. The van der Waals surface area contributed by atoms with Crippen molar-refractivity contribution in [3.63, 3.8) is 0 Å². The lowest BCUT2D eigenvalue weighted by Crippen LogP contribution is -2.00. The highest BCUT2D eigenvalue weighted by Gasteiger charge is 1.96. The maximum absolute atomic E-state index is 8.42. The predicted octanol–water partition coefficient (Wildman–Crippen LogP) is 0.929. The lowest BCUT2D eigenvalue weighted by molar-refractivity contribution is 0.452. The highest BCUT2D eigenvalue weighted by Crippen LogP contribution is 2.18. The largest absolute Gasteiger partial charge is 0.538 e. The molecule has 0 radical (unpaired) electrons. The van der Waals surface area contributed by atoms with Crippen molar-refractivity contribution in [3.8, 4) is 5.75 Å². The summed E-state index contributed by atoms with van der Waals surface area (Å²) in [5.74, 6) is 0.727. The fraction of sp³-hybridized carbons (Fsp3) is 0. The van der Waals surface area contributed by atoms with Crippen LogP contribution in [0.4, 0.5) is 0 Å². The summed E-state index contributed by atoms with van der Waals surface area (Å²) in [6.45, 7) is 0. The zero-order valence-corrected chi connectivity index (χ0v) is 7.41. The highest BCUT2D eigenvalue weighted by atomic mass is 127. The van der Waals surface area contributed by atoms with Gasteiger partial charge in [-0.05, 0) is 34.7 Å². The monoisotopic (exact) mass is 248 g/mol. The summed E-state index contributed by atoms with van der Waals surface area (Å²) in [4.78, 5) is 0. The van der Waals surface area contributed by atoms with Gasteiger partial charge in [0.1, 0.15) is 5.75 Å². The molecule has 0 atom stereocenters. The van der Waals surface area contributed by atoms with Crippen LogP contribution in [0.2, 0.25) is 0 Å². The van der Waals surface area contributed by atoms with Crippen molar-refractivity contribution in [2.24, 2.45) is 0 Å². The van der Waals surface area contributed by atoms with E-state index < -0.39 is 0 Å². The Kier molecular flexibility index (Phi) is 3.01. The van der Waals surface area contributed by atoms with E-state index >= 15 is 0 Å². The lowest BCUT2D eigenvalue weighted by atomic mass is 10.3. The van der Waals surface area contributed by atoms with Crippen LogP contribution in [0.25, 0.3) is 0 Å². The van der Waals surface area contributed by atoms with Crippen LogP contribution in [0.5, 0.6) is 5.75 Å². The van der Waals surface area contributed by atoms with Gasteiger partial charge in [0, 0.05) is 0 Å². The molecule has 1 N–H and O–H groups in total. The Morgan fingerprint density at radius 1 is 1.40 bits per heavy atom. The van der Waals surface area contributed by atoms with Gasteiger partial charge in [-0.1, -0.05) is 12.1 Å². The van der Waals surface area contributed by atoms with Crippen molar-refractivity contribution < 1.29 is 9.68 Å². The van der Waals surface area contributed by atoms with Crippen molar-refractivity contribution in [1.29, 1.82) is 0 Å². The molecule has 0 saturated carbocycles. The van der Waals surface area contributed by atoms with E-state index in [1.54, 1.807) is 0 Å². The van der Waals surface area contributed by atoms with Gasteiger partial charge in [0.2, 0.25) is 0 Å². The highest BCUT2D eigenvalue weighted by molar-refractivity contribution is 14.1. The molecule has 0 spiro atoms. The lowest BCUT2D eigenvalue weighted by Gasteiger charge is -2.02. The molecule has 0 heterocycles. The number of para-hydroxylation sites is 1. The molecule has 2 nitrogen and oxygen atoms in total. The minimum atomic E-state index is -0.264. The fourth-order valence-electron chi connectivity index (χ4n) is 0.631. The third-order valence-electron chi connectivity index (χ3n) is 1.06. The van der Waals surface area contributed by atoms with E-state index in [1.165, 1.54) is 0 Å². The molecule has 0 fully saturated rings.